The van der Waals surface area contributed by atoms with Gasteiger partial charge in [-0.3, -0.25) is 14.5 Å². The molecule has 0 radical (unpaired) electrons. The molecular formula is C21H29N3O3. The maximum absolute atomic E-state index is 12.7. The van der Waals surface area contributed by atoms with Crippen molar-refractivity contribution in [2.45, 2.75) is 31.2 Å². The topological polar surface area (TPSA) is 53.1 Å². The molecule has 0 spiro atoms. The molecule has 6 nitrogen and oxygen atoms in total. The molecule has 3 heterocycles. The molecule has 27 heavy (non-hydrogen) atoms. The van der Waals surface area contributed by atoms with Crippen molar-refractivity contribution in [3.63, 3.8) is 0 Å². The van der Waals surface area contributed by atoms with Crippen molar-refractivity contribution in [2.24, 2.45) is 0 Å². The Morgan fingerprint density at radius 1 is 1.04 bits per heavy atom. The molecule has 3 aliphatic heterocycles. The second-order valence-corrected chi connectivity index (χ2v) is 7.85. The van der Waals surface area contributed by atoms with Crippen LogP contribution in [0.1, 0.15) is 30.7 Å². The van der Waals surface area contributed by atoms with E-state index >= 15 is 0 Å². The average molecular weight is 371 g/mol. The van der Waals surface area contributed by atoms with Crippen LogP contribution in [0.15, 0.2) is 30.3 Å². The summed E-state index contributed by atoms with van der Waals surface area (Å²) in [6.07, 6.45) is 2.55. The first-order valence-electron chi connectivity index (χ1n) is 10.1. The number of likely N-dealkylation sites (tertiary alicyclic amines) is 2. The number of carbonyl (C=O) groups is 2. The van der Waals surface area contributed by atoms with E-state index < -0.39 is 0 Å². The number of amides is 2. The van der Waals surface area contributed by atoms with E-state index in [1.807, 2.05) is 23.1 Å². The Hall–Kier alpha value is -1.92. The van der Waals surface area contributed by atoms with Gasteiger partial charge < -0.3 is 14.5 Å². The van der Waals surface area contributed by atoms with E-state index in [1.165, 1.54) is 5.56 Å². The molecule has 0 N–H and O–H groups in total. The number of piperidine rings is 1. The van der Waals surface area contributed by atoms with Gasteiger partial charge in [0.15, 0.2) is 0 Å². The standard InChI is InChI=1S/C21H29N3O3/c25-20-14-18(17-4-2-1-3-5-17)15-24(20)16-21(26)23-8-6-19(7-9-23)22-10-12-27-13-11-22/h1-5,18-19H,6-16H2. The molecule has 0 saturated carbocycles. The minimum atomic E-state index is 0.0949. The number of ether oxygens (including phenoxy) is 1. The van der Waals surface area contributed by atoms with Gasteiger partial charge in [0.1, 0.15) is 0 Å². The second kappa shape index (κ2) is 8.40. The lowest BCUT2D eigenvalue weighted by molar-refractivity contribution is -0.139. The fraction of sp³-hybridized carbons (Fsp3) is 0.619. The first kappa shape index (κ1) is 18.4. The molecule has 3 aliphatic rings. The smallest absolute Gasteiger partial charge is 0.242 e. The minimum absolute atomic E-state index is 0.0949. The summed E-state index contributed by atoms with van der Waals surface area (Å²) < 4.78 is 5.43. The molecule has 1 unspecified atom stereocenters. The first-order valence-corrected chi connectivity index (χ1v) is 10.1. The Morgan fingerprint density at radius 3 is 2.44 bits per heavy atom. The Bertz CT molecular complexity index is 652. The van der Waals surface area contributed by atoms with Crippen LogP contribution in [0.2, 0.25) is 0 Å². The second-order valence-electron chi connectivity index (χ2n) is 7.85. The van der Waals surface area contributed by atoms with Gasteiger partial charge in [-0.2, -0.15) is 0 Å². The monoisotopic (exact) mass is 371 g/mol. The lowest BCUT2D eigenvalue weighted by Gasteiger charge is -2.40. The van der Waals surface area contributed by atoms with E-state index in [4.69, 9.17) is 4.74 Å². The van der Waals surface area contributed by atoms with Gasteiger partial charge in [0.2, 0.25) is 11.8 Å². The third-order valence-electron chi connectivity index (χ3n) is 6.19. The van der Waals surface area contributed by atoms with Crippen LogP contribution >= 0.6 is 0 Å². The number of rotatable bonds is 4. The SMILES string of the molecule is O=C(CN1CC(c2ccccc2)CC1=O)N1CCC(N2CCOCC2)CC1. The molecule has 1 aromatic rings. The van der Waals surface area contributed by atoms with Crippen LogP contribution in [0.25, 0.3) is 0 Å². The summed E-state index contributed by atoms with van der Waals surface area (Å²) in [7, 11) is 0. The number of hydrogen-bond acceptors (Lipinski definition) is 4. The predicted octanol–water partition coefficient (Wildman–Crippen LogP) is 1.33. The van der Waals surface area contributed by atoms with Crippen molar-refractivity contribution < 1.29 is 14.3 Å². The Kier molecular flexibility index (Phi) is 5.74. The molecule has 6 heteroatoms. The highest BCUT2D eigenvalue weighted by Gasteiger charge is 2.34. The van der Waals surface area contributed by atoms with Crippen LogP contribution < -0.4 is 0 Å². The zero-order valence-corrected chi connectivity index (χ0v) is 15.9. The van der Waals surface area contributed by atoms with Crippen LogP contribution in [-0.4, -0.2) is 85.0 Å². The van der Waals surface area contributed by atoms with Gasteiger partial charge in [-0.1, -0.05) is 30.3 Å². The lowest BCUT2D eigenvalue weighted by atomic mass is 9.99. The predicted molar refractivity (Wildman–Crippen MR) is 102 cm³/mol. The van der Waals surface area contributed by atoms with Crippen LogP contribution in [0.5, 0.6) is 0 Å². The third-order valence-corrected chi connectivity index (χ3v) is 6.19. The maximum atomic E-state index is 12.7. The number of hydrogen-bond donors (Lipinski definition) is 0. The number of nitrogens with zero attached hydrogens (tertiary/aromatic N) is 3. The van der Waals surface area contributed by atoms with Crippen LogP contribution in [0.4, 0.5) is 0 Å². The van der Waals surface area contributed by atoms with E-state index in [1.54, 1.807) is 4.90 Å². The molecule has 4 rings (SSSR count). The summed E-state index contributed by atoms with van der Waals surface area (Å²) in [5.41, 5.74) is 1.19. The summed E-state index contributed by atoms with van der Waals surface area (Å²) in [5, 5.41) is 0. The van der Waals surface area contributed by atoms with Gasteiger partial charge in [-0.25, -0.2) is 0 Å². The molecule has 146 valence electrons. The lowest BCUT2D eigenvalue weighted by Crippen LogP contribution is -2.51. The Balaban J connectivity index is 1.26. The normalized spacial score (nSPS) is 25.2. The van der Waals surface area contributed by atoms with Gasteiger partial charge in [-0.15, -0.1) is 0 Å². The minimum Gasteiger partial charge on any atom is -0.379 e. The summed E-state index contributed by atoms with van der Waals surface area (Å²) in [4.78, 5) is 31.3. The van der Waals surface area contributed by atoms with Crippen molar-refractivity contribution in [3.8, 4) is 0 Å². The molecule has 1 atom stereocenters. The Labute approximate surface area is 161 Å². The largest absolute Gasteiger partial charge is 0.379 e. The molecule has 2 amide bonds. The number of morpholine rings is 1. The van der Waals surface area contributed by atoms with Crippen molar-refractivity contribution in [3.05, 3.63) is 35.9 Å². The van der Waals surface area contributed by atoms with Crippen molar-refractivity contribution >= 4 is 11.8 Å². The van der Waals surface area contributed by atoms with Crippen LogP contribution in [-0.2, 0) is 14.3 Å². The summed E-state index contributed by atoms with van der Waals surface area (Å²) >= 11 is 0. The highest BCUT2D eigenvalue weighted by atomic mass is 16.5. The van der Waals surface area contributed by atoms with E-state index in [0.29, 0.717) is 19.0 Å². The summed E-state index contributed by atoms with van der Waals surface area (Å²) in [6.45, 7) is 6.11. The van der Waals surface area contributed by atoms with Gasteiger partial charge in [0.05, 0.1) is 19.8 Å². The fourth-order valence-corrected chi connectivity index (χ4v) is 4.56. The van der Waals surface area contributed by atoms with E-state index in [2.05, 4.69) is 17.0 Å². The molecule has 3 saturated heterocycles. The maximum Gasteiger partial charge on any atom is 0.242 e. The average Bonchev–Trinajstić information content (AvgIpc) is 3.10. The quantitative estimate of drug-likeness (QED) is 0.801. The van der Waals surface area contributed by atoms with E-state index in [0.717, 1.165) is 52.2 Å². The molecule has 3 fully saturated rings. The highest BCUT2D eigenvalue weighted by molar-refractivity contribution is 5.86. The molecule has 0 bridgehead atoms. The highest BCUT2D eigenvalue weighted by Crippen LogP contribution is 2.28. The van der Waals surface area contributed by atoms with Gasteiger partial charge in [-0.05, 0) is 18.4 Å². The number of benzene rings is 1. The van der Waals surface area contributed by atoms with E-state index in [-0.39, 0.29) is 24.3 Å². The first-order chi connectivity index (χ1) is 13.2. The van der Waals surface area contributed by atoms with E-state index in [9.17, 15) is 9.59 Å². The Morgan fingerprint density at radius 2 is 1.74 bits per heavy atom. The summed E-state index contributed by atoms with van der Waals surface area (Å²) in [5.74, 6) is 0.399. The van der Waals surface area contributed by atoms with Crippen LogP contribution in [0, 0.1) is 0 Å². The van der Waals surface area contributed by atoms with Crippen LogP contribution in [0.3, 0.4) is 0 Å². The number of carbonyl (C=O) groups excluding carboxylic acids is 2. The van der Waals surface area contributed by atoms with Gasteiger partial charge in [0, 0.05) is 51.1 Å². The molecular weight excluding hydrogens is 342 g/mol. The van der Waals surface area contributed by atoms with Crippen molar-refractivity contribution in [1.29, 1.82) is 0 Å². The zero-order chi connectivity index (χ0) is 18.6. The van der Waals surface area contributed by atoms with Gasteiger partial charge >= 0.3 is 0 Å². The zero-order valence-electron chi connectivity index (χ0n) is 15.9. The molecule has 0 aromatic heterocycles. The summed E-state index contributed by atoms with van der Waals surface area (Å²) in [6, 6.07) is 10.7. The van der Waals surface area contributed by atoms with Crippen molar-refractivity contribution in [2.75, 3.05) is 52.5 Å². The molecule has 1 aromatic carbocycles. The van der Waals surface area contributed by atoms with Crippen molar-refractivity contribution in [1.82, 2.24) is 14.7 Å². The molecule has 0 aliphatic carbocycles. The third kappa shape index (κ3) is 4.33. The fourth-order valence-electron chi connectivity index (χ4n) is 4.56. The van der Waals surface area contributed by atoms with Gasteiger partial charge in [0.25, 0.3) is 0 Å².